The molecule has 0 saturated heterocycles. The van der Waals surface area contributed by atoms with Crippen LogP contribution in [0, 0.1) is 11.3 Å². The number of carbonyl (C=O) groups is 1. The Morgan fingerprint density at radius 2 is 2.00 bits per heavy atom. The van der Waals surface area contributed by atoms with E-state index in [1.54, 1.807) is 31.2 Å². The standard InChI is InChI=1S/C11H10ClNOSe/c1-11(7-13,10(14)15-2)8-3-5-9(12)6-4-8/h3-6H,1-2H3. The SMILES string of the molecule is C[Se]C(=O)C(C)(C#N)c1ccc(Cl)cc1. The fourth-order valence-electron chi connectivity index (χ4n) is 1.22. The van der Waals surface area contributed by atoms with E-state index in [2.05, 4.69) is 6.07 Å². The van der Waals surface area contributed by atoms with Gasteiger partial charge in [-0.15, -0.1) is 0 Å². The topological polar surface area (TPSA) is 40.9 Å². The average molecular weight is 287 g/mol. The average Bonchev–Trinajstić information content (AvgIpc) is 2.27. The predicted molar refractivity (Wildman–Crippen MR) is 61.0 cm³/mol. The Hall–Kier alpha value is -0.811. The van der Waals surface area contributed by atoms with E-state index < -0.39 is 5.41 Å². The van der Waals surface area contributed by atoms with Crippen molar-refractivity contribution < 1.29 is 4.79 Å². The molecule has 1 aromatic rings. The van der Waals surface area contributed by atoms with E-state index in [1.807, 2.05) is 5.82 Å². The number of hydrogen-bond acceptors (Lipinski definition) is 2. The van der Waals surface area contributed by atoms with Gasteiger partial charge in [-0.05, 0) is 0 Å². The molecule has 1 rings (SSSR count). The van der Waals surface area contributed by atoms with Gasteiger partial charge in [-0.25, -0.2) is 0 Å². The molecule has 0 aliphatic carbocycles. The van der Waals surface area contributed by atoms with Gasteiger partial charge in [0.2, 0.25) is 0 Å². The van der Waals surface area contributed by atoms with Gasteiger partial charge in [0.15, 0.2) is 0 Å². The monoisotopic (exact) mass is 287 g/mol. The van der Waals surface area contributed by atoms with Gasteiger partial charge in [0.05, 0.1) is 0 Å². The van der Waals surface area contributed by atoms with Gasteiger partial charge in [-0.2, -0.15) is 0 Å². The third-order valence-corrected chi connectivity index (χ3v) is 4.13. The Labute approximate surface area is 100 Å². The third-order valence-electron chi connectivity index (χ3n) is 2.24. The van der Waals surface area contributed by atoms with Crippen LogP contribution in [0.2, 0.25) is 10.8 Å². The van der Waals surface area contributed by atoms with Crippen LogP contribution in [0.5, 0.6) is 0 Å². The molecular weight excluding hydrogens is 277 g/mol. The van der Waals surface area contributed by atoms with E-state index in [4.69, 9.17) is 16.9 Å². The van der Waals surface area contributed by atoms with Gasteiger partial charge in [0, 0.05) is 0 Å². The van der Waals surface area contributed by atoms with Crippen molar-refractivity contribution in [3.05, 3.63) is 34.9 Å². The van der Waals surface area contributed by atoms with Crippen LogP contribution in [0.1, 0.15) is 12.5 Å². The summed E-state index contributed by atoms with van der Waals surface area (Å²) in [6.07, 6.45) is 0. The van der Waals surface area contributed by atoms with Crippen molar-refractivity contribution in [2.75, 3.05) is 0 Å². The van der Waals surface area contributed by atoms with E-state index in [9.17, 15) is 4.79 Å². The zero-order chi connectivity index (χ0) is 11.5. The summed E-state index contributed by atoms with van der Waals surface area (Å²) in [5, 5.41) is 9.72. The Balaban J connectivity index is 3.19. The number of hydrogen-bond donors (Lipinski definition) is 0. The van der Waals surface area contributed by atoms with Crippen LogP contribution in [-0.2, 0) is 10.2 Å². The van der Waals surface area contributed by atoms with Crippen molar-refractivity contribution in [2.45, 2.75) is 18.2 Å². The molecule has 0 saturated carbocycles. The zero-order valence-electron chi connectivity index (χ0n) is 8.45. The van der Waals surface area contributed by atoms with Gasteiger partial charge >= 0.3 is 100 Å². The van der Waals surface area contributed by atoms with Crippen molar-refractivity contribution in [1.82, 2.24) is 0 Å². The molecule has 1 atom stereocenters. The van der Waals surface area contributed by atoms with E-state index in [0.29, 0.717) is 10.6 Å². The second kappa shape index (κ2) is 4.81. The summed E-state index contributed by atoms with van der Waals surface area (Å²) in [7, 11) is 0. The van der Waals surface area contributed by atoms with Crippen LogP contribution < -0.4 is 0 Å². The molecule has 15 heavy (non-hydrogen) atoms. The summed E-state index contributed by atoms with van der Waals surface area (Å²) in [5.41, 5.74) is -0.317. The number of rotatable bonds is 3. The molecular formula is C11H10ClNOSe. The van der Waals surface area contributed by atoms with Crippen LogP contribution in [0.15, 0.2) is 24.3 Å². The number of nitriles is 1. The zero-order valence-corrected chi connectivity index (χ0v) is 10.9. The second-order valence-corrected chi connectivity index (χ2v) is 5.31. The van der Waals surface area contributed by atoms with Crippen molar-refractivity contribution in [1.29, 1.82) is 5.26 Å². The molecule has 0 fully saturated rings. The first kappa shape index (κ1) is 12.3. The predicted octanol–water partition coefficient (Wildman–Crippen LogP) is 2.40. The molecule has 0 bridgehead atoms. The van der Waals surface area contributed by atoms with E-state index in [1.165, 1.54) is 0 Å². The van der Waals surface area contributed by atoms with E-state index in [-0.39, 0.29) is 19.6 Å². The van der Waals surface area contributed by atoms with Crippen LogP contribution in [0.3, 0.4) is 0 Å². The van der Waals surface area contributed by atoms with Crippen LogP contribution in [-0.4, -0.2) is 19.6 Å². The summed E-state index contributed by atoms with van der Waals surface area (Å²) in [4.78, 5) is 11.7. The molecule has 0 heterocycles. The summed E-state index contributed by atoms with van der Waals surface area (Å²) in [5.74, 6) is 1.82. The molecule has 4 heteroatoms. The van der Waals surface area contributed by atoms with E-state index in [0.717, 1.165) is 0 Å². The summed E-state index contributed by atoms with van der Waals surface area (Å²) < 4.78 is -0.0141. The van der Waals surface area contributed by atoms with Gasteiger partial charge < -0.3 is 0 Å². The van der Waals surface area contributed by atoms with Gasteiger partial charge in [-0.3, -0.25) is 0 Å². The van der Waals surface area contributed by atoms with Crippen molar-refractivity contribution in [3.63, 3.8) is 0 Å². The van der Waals surface area contributed by atoms with Crippen LogP contribution >= 0.6 is 11.6 Å². The molecule has 0 spiro atoms. The Kier molecular flexibility index (Phi) is 3.93. The van der Waals surface area contributed by atoms with E-state index >= 15 is 0 Å². The molecule has 0 radical (unpaired) electrons. The van der Waals surface area contributed by atoms with Gasteiger partial charge in [0.1, 0.15) is 0 Å². The molecule has 0 aliphatic heterocycles. The van der Waals surface area contributed by atoms with Crippen LogP contribution in [0.25, 0.3) is 0 Å². The minimum absolute atomic E-state index is 0.0141. The summed E-state index contributed by atoms with van der Waals surface area (Å²) in [6.45, 7) is 1.66. The Morgan fingerprint density at radius 3 is 2.40 bits per heavy atom. The van der Waals surface area contributed by atoms with Gasteiger partial charge in [-0.1, -0.05) is 0 Å². The van der Waals surface area contributed by atoms with Gasteiger partial charge in [0.25, 0.3) is 0 Å². The number of benzene rings is 1. The number of carbonyl (C=O) groups excluding carboxylic acids is 1. The Morgan fingerprint density at radius 1 is 1.47 bits per heavy atom. The maximum atomic E-state index is 11.7. The molecule has 0 N–H and O–H groups in total. The molecule has 1 aromatic carbocycles. The summed E-state index contributed by atoms with van der Waals surface area (Å²) >= 11 is 5.58. The first-order valence-electron chi connectivity index (χ1n) is 4.30. The molecule has 2 nitrogen and oxygen atoms in total. The molecule has 0 aliphatic rings. The quantitative estimate of drug-likeness (QED) is 0.801. The fourth-order valence-corrected chi connectivity index (χ4v) is 2.54. The van der Waals surface area contributed by atoms with Crippen molar-refractivity contribution in [3.8, 4) is 6.07 Å². The van der Waals surface area contributed by atoms with Crippen LogP contribution in [0.4, 0.5) is 0 Å². The third kappa shape index (κ3) is 2.41. The normalized spacial score (nSPS) is 14.0. The first-order chi connectivity index (χ1) is 7.04. The molecule has 0 aromatic heterocycles. The molecule has 0 amide bonds. The van der Waals surface area contributed by atoms with Crippen molar-refractivity contribution in [2.24, 2.45) is 0 Å². The number of halogens is 1. The van der Waals surface area contributed by atoms with Crippen molar-refractivity contribution >= 4 is 31.2 Å². The Bertz CT molecular complexity index is 410. The molecule has 78 valence electrons. The number of nitrogens with zero attached hydrogens (tertiary/aromatic N) is 1. The summed E-state index contributed by atoms with van der Waals surface area (Å²) in [6, 6.07) is 8.94. The second-order valence-electron chi connectivity index (χ2n) is 3.24. The molecule has 1 unspecified atom stereocenters. The minimum atomic E-state index is -1.03. The first-order valence-corrected chi connectivity index (χ1v) is 7.25. The fraction of sp³-hybridized carbons (Fsp3) is 0.273. The maximum absolute atomic E-state index is 11.7.